The van der Waals surface area contributed by atoms with E-state index in [9.17, 15) is 14.9 Å². The van der Waals surface area contributed by atoms with Gasteiger partial charge in [0.25, 0.3) is 11.6 Å². The van der Waals surface area contributed by atoms with E-state index >= 15 is 0 Å². The molecule has 1 aliphatic carbocycles. The lowest BCUT2D eigenvalue weighted by Gasteiger charge is -2.29. The number of halogens is 1. The summed E-state index contributed by atoms with van der Waals surface area (Å²) in [6, 6.07) is 2.72. The van der Waals surface area contributed by atoms with Crippen molar-refractivity contribution in [3.05, 3.63) is 27.8 Å². The maximum absolute atomic E-state index is 13.0. The van der Waals surface area contributed by atoms with Crippen molar-refractivity contribution in [1.29, 1.82) is 0 Å². The van der Waals surface area contributed by atoms with E-state index in [0.29, 0.717) is 24.8 Å². The van der Waals surface area contributed by atoms with Crippen LogP contribution in [-0.4, -0.2) is 49.1 Å². The maximum atomic E-state index is 13.0. The van der Waals surface area contributed by atoms with E-state index in [2.05, 4.69) is 0 Å². The first-order valence-electron chi connectivity index (χ1n) is 8.41. The minimum atomic E-state index is -0.565. The first-order valence-corrected chi connectivity index (χ1v) is 8.41. The fraction of sp³-hybridized carbons (Fsp3) is 0.588. The van der Waals surface area contributed by atoms with E-state index in [0.717, 1.165) is 19.3 Å². The molecule has 2 fully saturated rings. The van der Waals surface area contributed by atoms with Crippen LogP contribution >= 0.6 is 12.4 Å². The van der Waals surface area contributed by atoms with Crippen LogP contribution in [0.15, 0.2) is 12.1 Å². The van der Waals surface area contributed by atoms with Gasteiger partial charge in [0.2, 0.25) is 0 Å². The molecule has 1 aromatic rings. The summed E-state index contributed by atoms with van der Waals surface area (Å²) in [6.45, 7) is 1.15. The number of rotatable bonds is 4. The van der Waals surface area contributed by atoms with Gasteiger partial charge in [0, 0.05) is 25.2 Å². The quantitative estimate of drug-likeness (QED) is 0.629. The van der Waals surface area contributed by atoms with E-state index in [-0.39, 0.29) is 47.3 Å². The van der Waals surface area contributed by atoms with Gasteiger partial charge in [-0.1, -0.05) is 6.42 Å². The number of hydrogen-bond donors (Lipinski definition) is 1. The third-order valence-electron chi connectivity index (χ3n) is 5.37. The first kappa shape index (κ1) is 20.3. The molecule has 0 bridgehead atoms. The molecule has 1 heterocycles. The van der Waals surface area contributed by atoms with Crippen molar-refractivity contribution in [2.75, 3.05) is 27.3 Å². The minimum absolute atomic E-state index is 0. The molecule has 2 aliphatic rings. The van der Waals surface area contributed by atoms with Crippen LogP contribution in [0.2, 0.25) is 0 Å². The Kier molecular flexibility index (Phi) is 6.30. The predicted octanol–water partition coefficient (Wildman–Crippen LogP) is 2.23. The summed E-state index contributed by atoms with van der Waals surface area (Å²) >= 11 is 0. The molecule has 2 N–H and O–H groups in total. The van der Waals surface area contributed by atoms with Crippen LogP contribution < -0.4 is 15.2 Å². The Morgan fingerprint density at radius 2 is 1.88 bits per heavy atom. The van der Waals surface area contributed by atoms with E-state index in [1.54, 1.807) is 4.90 Å². The average Bonchev–Trinajstić information content (AvgIpc) is 3.05. The lowest BCUT2D eigenvalue weighted by atomic mass is 9.78. The molecule has 0 radical (unpaired) electrons. The average molecular weight is 386 g/mol. The molecule has 1 aliphatic heterocycles. The molecule has 1 saturated heterocycles. The zero-order valence-electron chi connectivity index (χ0n) is 14.8. The van der Waals surface area contributed by atoms with Crippen LogP contribution in [0.3, 0.4) is 0 Å². The largest absolute Gasteiger partial charge is 0.493 e. The summed E-state index contributed by atoms with van der Waals surface area (Å²) in [5.41, 5.74) is 5.95. The molecular weight excluding hydrogens is 362 g/mol. The van der Waals surface area contributed by atoms with Crippen molar-refractivity contribution in [3.8, 4) is 11.5 Å². The molecule has 3 atom stereocenters. The highest BCUT2D eigenvalue weighted by molar-refractivity contribution is 5.99. The molecule has 144 valence electrons. The Morgan fingerprint density at radius 3 is 2.46 bits per heavy atom. The zero-order valence-corrected chi connectivity index (χ0v) is 15.7. The highest BCUT2D eigenvalue weighted by atomic mass is 35.5. The molecule has 0 spiro atoms. The molecule has 1 aromatic carbocycles. The number of nitro groups is 1. The number of nitrogens with two attached hydrogens (primary N) is 1. The van der Waals surface area contributed by atoms with Gasteiger partial charge in [-0.2, -0.15) is 0 Å². The lowest BCUT2D eigenvalue weighted by molar-refractivity contribution is -0.385. The summed E-state index contributed by atoms with van der Waals surface area (Å²) < 4.78 is 10.3. The monoisotopic (exact) mass is 385 g/mol. The Bertz CT molecular complexity index is 699. The molecule has 26 heavy (non-hydrogen) atoms. The number of methoxy groups -OCH3 is 2. The fourth-order valence-corrected chi connectivity index (χ4v) is 4.04. The van der Waals surface area contributed by atoms with Crippen molar-refractivity contribution >= 4 is 24.0 Å². The summed E-state index contributed by atoms with van der Waals surface area (Å²) in [6.07, 6.45) is 3.09. The van der Waals surface area contributed by atoms with Crippen LogP contribution in [0, 0.1) is 22.0 Å². The Morgan fingerprint density at radius 1 is 1.23 bits per heavy atom. The smallest absolute Gasteiger partial charge is 0.286 e. The first-order chi connectivity index (χ1) is 12.0. The standard InChI is InChI=1S/C17H23N3O5.ClH/c1-24-15-6-11(14(20(22)23)7-16(15)25-2)17(21)19-8-10-4-3-5-13(18)12(10)9-19;/h6-7,10,12-13H,3-5,8-9,18H2,1-2H3;1H. The van der Waals surface area contributed by atoms with Gasteiger partial charge in [-0.15, -0.1) is 12.4 Å². The number of fused-ring (bicyclic) bond motifs is 1. The van der Waals surface area contributed by atoms with Crippen LogP contribution in [0.4, 0.5) is 5.69 Å². The van der Waals surface area contributed by atoms with Crippen LogP contribution in [0.25, 0.3) is 0 Å². The van der Waals surface area contributed by atoms with Gasteiger partial charge in [-0.25, -0.2) is 0 Å². The van der Waals surface area contributed by atoms with Crippen molar-refractivity contribution in [3.63, 3.8) is 0 Å². The van der Waals surface area contributed by atoms with E-state index in [1.165, 1.54) is 26.4 Å². The second kappa shape index (κ2) is 8.09. The topological polar surface area (TPSA) is 108 Å². The normalized spacial score (nSPS) is 24.4. The van der Waals surface area contributed by atoms with Gasteiger partial charge in [-0.3, -0.25) is 14.9 Å². The molecule has 9 heteroatoms. The number of hydrogen-bond acceptors (Lipinski definition) is 6. The Hall–Kier alpha value is -2.06. The maximum Gasteiger partial charge on any atom is 0.286 e. The number of amides is 1. The van der Waals surface area contributed by atoms with Gasteiger partial charge in [0.05, 0.1) is 25.2 Å². The van der Waals surface area contributed by atoms with Crippen LogP contribution in [0.5, 0.6) is 11.5 Å². The summed E-state index contributed by atoms with van der Waals surface area (Å²) in [5.74, 6) is 0.825. The van der Waals surface area contributed by atoms with Crippen molar-refractivity contribution in [1.82, 2.24) is 4.90 Å². The Balaban J connectivity index is 0.00000243. The molecule has 1 amide bonds. The third kappa shape index (κ3) is 3.57. The molecule has 3 unspecified atom stereocenters. The second-order valence-electron chi connectivity index (χ2n) is 6.71. The SMILES string of the molecule is COc1cc(C(=O)N2CC3CCCC(N)C3C2)c([N+](=O)[O-])cc1OC.Cl. The second-order valence-corrected chi connectivity index (χ2v) is 6.71. The number of carbonyl (C=O) groups is 1. The van der Waals surface area contributed by atoms with Gasteiger partial charge < -0.3 is 20.1 Å². The molecule has 3 rings (SSSR count). The van der Waals surface area contributed by atoms with Crippen molar-refractivity contribution < 1.29 is 19.2 Å². The molecule has 8 nitrogen and oxygen atoms in total. The number of benzene rings is 1. The number of nitrogens with zero attached hydrogens (tertiary/aromatic N) is 2. The zero-order chi connectivity index (χ0) is 18.1. The van der Waals surface area contributed by atoms with E-state index < -0.39 is 4.92 Å². The summed E-state index contributed by atoms with van der Waals surface area (Å²) in [7, 11) is 2.83. The predicted molar refractivity (Wildman–Crippen MR) is 98.2 cm³/mol. The van der Waals surface area contributed by atoms with Crippen molar-refractivity contribution in [2.45, 2.75) is 25.3 Å². The minimum Gasteiger partial charge on any atom is -0.493 e. The number of ether oxygens (including phenoxy) is 2. The Labute approximate surface area is 158 Å². The van der Waals surface area contributed by atoms with Gasteiger partial charge >= 0.3 is 0 Å². The van der Waals surface area contributed by atoms with Gasteiger partial charge in [0.15, 0.2) is 11.5 Å². The van der Waals surface area contributed by atoms with E-state index in [4.69, 9.17) is 15.2 Å². The van der Waals surface area contributed by atoms with Crippen LogP contribution in [-0.2, 0) is 0 Å². The number of nitro benzene ring substituents is 1. The summed E-state index contributed by atoms with van der Waals surface area (Å²) in [5, 5.41) is 11.4. The lowest BCUT2D eigenvalue weighted by Crippen LogP contribution is -2.38. The third-order valence-corrected chi connectivity index (χ3v) is 5.37. The number of carbonyl (C=O) groups excluding carboxylic acids is 1. The van der Waals surface area contributed by atoms with Crippen LogP contribution in [0.1, 0.15) is 29.6 Å². The van der Waals surface area contributed by atoms with Crippen molar-refractivity contribution in [2.24, 2.45) is 17.6 Å². The summed E-state index contributed by atoms with van der Waals surface area (Å²) in [4.78, 5) is 25.5. The molecule has 1 saturated carbocycles. The highest BCUT2D eigenvalue weighted by Gasteiger charge is 2.41. The number of likely N-dealkylation sites (tertiary alicyclic amines) is 1. The molecular formula is C17H24ClN3O5. The van der Waals surface area contributed by atoms with E-state index in [1.807, 2.05) is 0 Å². The fourth-order valence-electron chi connectivity index (χ4n) is 4.04. The van der Waals surface area contributed by atoms with Gasteiger partial charge in [0.1, 0.15) is 5.56 Å². The van der Waals surface area contributed by atoms with Gasteiger partial charge in [-0.05, 0) is 24.7 Å². The highest BCUT2D eigenvalue weighted by Crippen LogP contribution is 2.39. The molecule has 0 aromatic heterocycles.